The first-order chi connectivity index (χ1) is 10.1. The Labute approximate surface area is 132 Å². The Balaban J connectivity index is 2.19. The quantitative estimate of drug-likeness (QED) is 0.653. The molecular formula is C14H20BrFN2O3. The second kappa shape index (κ2) is 9.83. The first-order valence-electron chi connectivity index (χ1n) is 6.53. The summed E-state index contributed by atoms with van der Waals surface area (Å²) in [4.78, 5) is 11.6. The molecule has 0 aromatic heterocycles. The molecule has 1 aromatic carbocycles. The number of carbonyl (C=O) groups is 1. The van der Waals surface area contributed by atoms with E-state index in [9.17, 15) is 9.18 Å². The number of rotatable bonds is 9. The van der Waals surface area contributed by atoms with Crippen LogP contribution in [0.4, 0.5) is 4.39 Å². The number of carbonyl (C=O) groups excluding carboxylic acids is 1. The van der Waals surface area contributed by atoms with Gasteiger partial charge in [-0.3, -0.25) is 4.79 Å². The van der Waals surface area contributed by atoms with Crippen LogP contribution in [0, 0.1) is 5.82 Å². The minimum Gasteiger partial charge on any atom is -0.355 e. The summed E-state index contributed by atoms with van der Waals surface area (Å²) in [5.41, 5.74) is 0.954. The Morgan fingerprint density at radius 1 is 1.38 bits per heavy atom. The highest BCUT2D eigenvalue weighted by Crippen LogP contribution is 2.16. The highest BCUT2D eigenvalue weighted by molar-refractivity contribution is 9.10. The fourth-order valence-electron chi connectivity index (χ4n) is 1.67. The van der Waals surface area contributed by atoms with E-state index in [0.717, 1.165) is 5.56 Å². The van der Waals surface area contributed by atoms with Crippen molar-refractivity contribution in [1.82, 2.24) is 10.6 Å². The first kappa shape index (κ1) is 18.0. The van der Waals surface area contributed by atoms with Crippen molar-refractivity contribution in [2.75, 3.05) is 33.9 Å². The summed E-state index contributed by atoms with van der Waals surface area (Å²) in [5, 5.41) is 5.72. The smallest absolute Gasteiger partial charge is 0.233 e. The maximum absolute atomic E-state index is 13.1. The molecule has 0 radical (unpaired) electrons. The fourth-order valence-corrected chi connectivity index (χ4v) is 2.10. The summed E-state index contributed by atoms with van der Waals surface area (Å²) >= 11 is 3.13. The minimum absolute atomic E-state index is 0.109. The summed E-state index contributed by atoms with van der Waals surface area (Å²) in [6.45, 7) is 1.12. The van der Waals surface area contributed by atoms with Crippen LogP contribution in [-0.2, 0) is 20.7 Å². The molecule has 21 heavy (non-hydrogen) atoms. The molecule has 5 nitrogen and oxygen atoms in total. The molecule has 1 amide bonds. The monoisotopic (exact) mass is 362 g/mol. The zero-order valence-corrected chi connectivity index (χ0v) is 13.7. The lowest BCUT2D eigenvalue weighted by Crippen LogP contribution is -2.38. The van der Waals surface area contributed by atoms with Crippen LogP contribution in [0.3, 0.4) is 0 Å². The van der Waals surface area contributed by atoms with Crippen LogP contribution >= 0.6 is 15.9 Å². The third-order valence-corrected chi connectivity index (χ3v) is 3.45. The molecule has 0 spiro atoms. The maximum Gasteiger partial charge on any atom is 0.233 e. The lowest BCUT2D eigenvalue weighted by Gasteiger charge is -2.13. The van der Waals surface area contributed by atoms with Crippen molar-refractivity contribution in [2.45, 2.75) is 12.7 Å². The molecule has 0 fully saturated rings. The van der Waals surface area contributed by atoms with Crippen LogP contribution < -0.4 is 10.6 Å². The number of halogens is 2. The number of methoxy groups -OCH3 is 2. The number of ether oxygens (including phenoxy) is 2. The van der Waals surface area contributed by atoms with E-state index in [1.807, 2.05) is 0 Å². The molecule has 1 aromatic rings. The van der Waals surface area contributed by atoms with Crippen molar-refractivity contribution < 1.29 is 18.7 Å². The molecule has 1 rings (SSSR count). The van der Waals surface area contributed by atoms with Gasteiger partial charge in [0.1, 0.15) is 5.82 Å². The predicted molar refractivity (Wildman–Crippen MR) is 81.5 cm³/mol. The molecule has 0 aliphatic carbocycles. The van der Waals surface area contributed by atoms with Gasteiger partial charge in [0.15, 0.2) is 6.29 Å². The molecule has 0 unspecified atom stereocenters. The first-order valence-corrected chi connectivity index (χ1v) is 7.33. The second-order valence-electron chi connectivity index (χ2n) is 4.38. The Hall–Kier alpha value is -1.02. The van der Waals surface area contributed by atoms with Crippen LogP contribution in [0.2, 0.25) is 0 Å². The van der Waals surface area contributed by atoms with E-state index < -0.39 is 0 Å². The Bertz CT molecular complexity index is 456. The van der Waals surface area contributed by atoms with Crippen molar-refractivity contribution in [1.29, 1.82) is 0 Å². The molecular weight excluding hydrogens is 343 g/mol. The minimum atomic E-state index is -0.366. The van der Waals surface area contributed by atoms with Crippen LogP contribution in [0.25, 0.3) is 0 Å². The molecule has 0 bridgehead atoms. The van der Waals surface area contributed by atoms with Gasteiger partial charge in [-0.15, -0.1) is 0 Å². The molecule has 7 heteroatoms. The van der Waals surface area contributed by atoms with E-state index in [2.05, 4.69) is 26.6 Å². The van der Waals surface area contributed by atoms with E-state index >= 15 is 0 Å². The molecule has 0 atom stereocenters. The van der Waals surface area contributed by atoms with Crippen LogP contribution in [0.15, 0.2) is 22.7 Å². The average Bonchev–Trinajstić information content (AvgIpc) is 2.47. The lowest BCUT2D eigenvalue weighted by molar-refractivity contribution is -0.121. The van der Waals surface area contributed by atoms with E-state index in [-0.39, 0.29) is 24.6 Å². The Morgan fingerprint density at radius 3 is 2.71 bits per heavy atom. The third-order valence-electron chi connectivity index (χ3n) is 2.84. The summed E-state index contributed by atoms with van der Waals surface area (Å²) in [7, 11) is 3.08. The third kappa shape index (κ3) is 6.99. The van der Waals surface area contributed by atoms with Gasteiger partial charge < -0.3 is 20.1 Å². The maximum atomic E-state index is 13.1. The van der Waals surface area contributed by atoms with E-state index in [4.69, 9.17) is 9.47 Å². The number of hydrogen-bond donors (Lipinski definition) is 2. The molecule has 0 aliphatic heterocycles. The highest BCUT2D eigenvalue weighted by atomic mass is 79.9. The standard InChI is InChI=1S/C14H20BrFN2O3/c1-20-14(21-2)9-17-8-13(19)18-6-5-10-3-4-12(16)11(15)7-10/h3-4,7,14,17H,5-6,8-9H2,1-2H3,(H,18,19). The van der Waals surface area contributed by atoms with Crippen molar-refractivity contribution in [3.05, 3.63) is 34.1 Å². The van der Waals surface area contributed by atoms with Gasteiger partial charge in [-0.2, -0.15) is 0 Å². The van der Waals surface area contributed by atoms with Crippen LogP contribution in [0.5, 0.6) is 0 Å². The van der Waals surface area contributed by atoms with Gasteiger partial charge >= 0.3 is 0 Å². The van der Waals surface area contributed by atoms with Crippen molar-refractivity contribution in [2.24, 2.45) is 0 Å². The molecule has 0 aliphatic rings. The van der Waals surface area contributed by atoms with Crippen molar-refractivity contribution >= 4 is 21.8 Å². The summed E-state index contributed by atoms with van der Waals surface area (Å²) in [6.07, 6.45) is 0.276. The molecule has 0 heterocycles. The summed E-state index contributed by atoms with van der Waals surface area (Å²) < 4.78 is 23.5. The Kier molecular flexibility index (Phi) is 8.44. The molecule has 2 N–H and O–H groups in total. The van der Waals surface area contributed by atoms with Gasteiger partial charge in [0.25, 0.3) is 0 Å². The van der Waals surface area contributed by atoms with E-state index in [0.29, 0.717) is 24.0 Å². The summed E-state index contributed by atoms with van der Waals surface area (Å²) in [6, 6.07) is 4.81. The SMILES string of the molecule is COC(CNCC(=O)NCCc1ccc(F)c(Br)c1)OC. The van der Waals surface area contributed by atoms with Crippen molar-refractivity contribution in [3.63, 3.8) is 0 Å². The van der Waals surface area contributed by atoms with Gasteiger partial charge in [0, 0.05) is 27.3 Å². The molecule has 118 valence electrons. The Morgan fingerprint density at radius 2 is 2.10 bits per heavy atom. The zero-order chi connectivity index (χ0) is 15.7. The lowest BCUT2D eigenvalue weighted by atomic mass is 10.1. The summed E-state index contributed by atoms with van der Waals surface area (Å²) in [5.74, 6) is -0.403. The number of hydrogen-bond acceptors (Lipinski definition) is 4. The normalized spacial score (nSPS) is 10.9. The number of amides is 1. The van der Waals surface area contributed by atoms with Crippen molar-refractivity contribution in [3.8, 4) is 0 Å². The van der Waals surface area contributed by atoms with Gasteiger partial charge in [-0.05, 0) is 40.0 Å². The molecule has 0 saturated carbocycles. The van der Waals surface area contributed by atoms with Gasteiger partial charge in [0.2, 0.25) is 5.91 Å². The number of nitrogens with one attached hydrogen (secondary N) is 2. The van der Waals surface area contributed by atoms with Gasteiger partial charge in [0.05, 0.1) is 11.0 Å². The highest BCUT2D eigenvalue weighted by Gasteiger charge is 2.06. The van der Waals surface area contributed by atoms with E-state index in [1.165, 1.54) is 20.3 Å². The topological polar surface area (TPSA) is 59.6 Å². The van der Waals surface area contributed by atoms with Crippen LogP contribution in [0.1, 0.15) is 5.56 Å². The second-order valence-corrected chi connectivity index (χ2v) is 5.23. The largest absolute Gasteiger partial charge is 0.355 e. The fraction of sp³-hybridized carbons (Fsp3) is 0.500. The zero-order valence-electron chi connectivity index (χ0n) is 12.1. The van der Waals surface area contributed by atoms with Gasteiger partial charge in [-0.25, -0.2) is 4.39 Å². The molecule has 0 saturated heterocycles. The van der Waals surface area contributed by atoms with Gasteiger partial charge in [-0.1, -0.05) is 6.07 Å². The van der Waals surface area contributed by atoms with Crippen LogP contribution in [-0.4, -0.2) is 46.1 Å². The average molecular weight is 363 g/mol. The van der Waals surface area contributed by atoms with E-state index in [1.54, 1.807) is 12.1 Å². The predicted octanol–water partition coefficient (Wildman–Crippen LogP) is 1.46. The number of benzene rings is 1.